The largest absolute Gasteiger partial charge is 0.383 e. The Labute approximate surface area is 139 Å². The number of pyridine rings is 1. The van der Waals surface area contributed by atoms with Gasteiger partial charge in [0.1, 0.15) is 5.60 Å². The van der Waals surface area contributed by atoms with E-state index in [4.69, 9.17) is 0 Å². The van der Waals surface area contributed by atoms with E-state index in [1.54, 1.807) is 55.0 Å². The summed E-state index contributed by atoms with van der Waals surface area (Å²) in [6.45, 7) is 3.54. The first-order valence-corrected chi connectivity index (χ1v) is 7.57. The molecule has 0 radical (unpaired) electrons. The van der Waals surface area contributed by atoms with Gasteiger partial charge in [-0.15, -0.1) is 0 Å². The van der Waals surface area contributed by atoms with Crippen molar-refractivity contribution in [3.05, 3.63) is 41.5 Å². The number of carbonyl (C=O) groups excluding carboxylic acids is 1. The minimum atomic E-state index is -1.21. The highest BCUT2D eigenvalue weighted by Crippen LogP contribution is 2.20. The molecule has 1 unspecified atom stereocenters. The summed E-state index contributed by atoms with van der Waals surface area (Å²) in [6.07, 6.45) is 4.93. The molecule has 2 N–H and O–H groups in total. The SMILES string of the molecule is Cc1cc(C(=O)NCC(C)(O)c2cnn(C)c2)c2cnn(C)c2n1. The Bertz CT molecular complexity index is 909. The van der Waals surface area contributed by atoms with Gasteiger partial charge in [0, 0.05) is 31.5 Å². The molecule has 126 valence electrons. The van der Waals surface area contributed by atoms with Gasteiger partial charge in [-0.1, -0.05) is 0 Å². The lowest BCUT2D eigenvalue weighted by Gasteiger charge is -2.22. The van der Waals surface area contributed by atoms with Gasteiger partial charge in [-0.05, 0) is 19.9 Å². The summed E-state index contributed by atoms with van der Waals surface area (Å²) in [5.74, 6) is -0.275. The number of rotatable bonds is 4. The van der Waals surface area contributed by atoms with Gasteiger partial charge in [0.05, 0.1) is 29.9 Å². The fourth-order valence-corrected chi connectivity index (χ4v) is 2.58. The minimum absolute atomic E-state index is 0.0701. The molecule has 0 aromatic carbocycles. The van der Waals surface area contributed by atoms with E-state index in [-0.39, 0.29) is 12.5 Å². The van der Waals surface area contributed by atoms with Crippen molar-refractivity contribution in [2.24, 2.45) is 14.1 Å². The number of hydrogen-bond acceptors (Lipinski definition) is 5. The molecule has 8 nitrogen and oxygen atoms in total. The third-order valence-electron chi connectivity index (χ3n) is 4.00. The van der Waals surface area contributed by atoms with E-state index in [1.165, 1.54) is 0 Å². The molecular weight excluding hydrogens is 308 g/mol. The summed E-state index contributed by atoms with van der Waals surface area (Å²) in [4.78, 5) is 17.0. The number of aliphatic hydroxyl groups is 1. The van der Waals surface area contributed by atoms with Crippen molar-refractivity contribution in [3.8, 4) is 0 Å². The maximum atomic E-state index is 12.6. The topological polar surface area (TPSA) is 97.9 Å². The maximum Gasteiger partial charge on any atom is 0.252 e. The standard InChI is InChI=1S/C16H20N6O2/c1-10-5-12(13-7-19-22(4)14(13)20-10)15(23)17-9-16(2,24)11-6-18-21(3)8-11/h5-8,24H,9H2,1-4H3,(H,17,23). The third-order valence-corrected chi connectivity index (χ3v) is 4.00. The Morgan fingerprint density at radius 3 is 2.75 bits per heavy atom. The highest BCUT2D eigenvalue weighted by molar-refractivity contribution is 6.05. The van der Waals surface area contributed by atoms with Gasteiger partial charge in [-0.3, -0.25) is 14.2 Å². The second-order valence-electron chi connectivity index (χ2n) is 6.18. The molecule has 0 aliphatic carbocycles. The van der Waals surface area contributed by atoms with Crippen molar-refractivity contribution < 1.29 is 9.90 Å². The minimum Gasteiger partial charge on any atom is -0.383 e. The number of amides is 1. The second kappa shape index (κ2) is 5.72. The number of nitrogens with one attached hydrogen (secondary N) is 1. The molecule has 3 heterocycles. The van der Waals surface area contributed by atoms with E-state index in [1.807, 2.05) is 6.92 Å². The average Bonchev–Trinajstić information content (AvgIpc) is 3.12. The van der Waals surface area contributed by atoms with Crippen LogP contribution in [-0.4, -0.2) is 42.1 Å². The molecule has 3 aromatic rings. The van der Waals surface area contributed by atoms with Gasteiger partial charge in [0.25, 0.3) is 5.91 Å². The monoisotopic (exact) mass is 328 g/mol. The molecule has 3 aromatic heterocycles. The van der Waals surface area contributed by atoms with E-state index in [2.05, 4.69) is 20.5 Å². The first-order chi connectivity index (χ1) is 11.3. The van der Waals surface area contributed by atoms with E-state index >= 15 is 0 Å². The van der Waals surface area contributed by atoms with Crippen LogP contribution < -0.4 is 5.32 Å². The second-order valence-corrected chi connectivity index (χ2v) is 6.18. The van der Waals surface area contributed by atoms with Crippen molar-refractivity contribution >= 4 is 16.9 Å². The van der Waals surface area contributed by atoms with Gasteiger partial charge in [0.15, 0.2) is 5.65 Å². The molecule has 3 rings (SSSR count). The van der Waals surface area contributed by atoms with Crippen LogP contribution in [0.25, 0.3) is 11.0 Å². The van der Waals surface area contributed by atoms with Crippen LogP contribution in [0.3, 0.4) is 0 Å². The number of nitrogens with zero attached hydrogens (tertiary/aromatic N) is 5. The lowest BCUT2D eigenvalue weighted by atomic mass is 9.99. The quantitative estimate of drug-likeness (QED) is 0.733. The number of hydrogen-bond donors (Lipinski definition) is 2. The molecule has 1 atom stereocenters. The predicted octanol–water partition coefficient (Wildman–Crippen LogP) is 0.648. The molecule has 0 fully saturated rings. The van der Waals surface area contributed by atoms with Crippen molar-refractivity contribution in [2.45, 2.75) is 19.4 Å². The van der Waals surface area contributed by atoms with Crippen LogP contribution in [0.15, 0.2) is 24.7 Å². The average molecular weight is 328 g/mol. The fraction of sp³-hybridized carbons (Fsp3) is 0.375. The van der Waals surface area contributed by atoms with Crippen molar-refractivity contribution in [3.63, 3.8) is 0 Å². The lowest BCUT2D eigenvalue weighted by molar-refractivity contribution is 0.0526. The third kappa shape index (κ3) is 2.88. The number of fused-ring (bicyclic) bond motifs is 1. The predicted molar refractivity (Wildman–Crippen MR) is 88.4 cm³/mol. The summed E-state index contributed by atoms with van der Waals surface area (Å²) >= 11 is 0. The summed E-state index contributed by atoms with van der Waals surface area (Å²) in [7, 11) is 3.56. The Kier molecular flexibility index (Phi) is 3.84. The van der Waals surface area contributed by atoms with Crippen LogP contribution in [0, 0.1) is 6.92 Å². The maximum absolute atomic E-state index is 12.6. The van der Waals surface area contributed by atoms with E-state index < -0.39 is 5.60 Å². The Morgan fingerprint density at radius 1 is 1.33 bits per heavy atom. The summed E-state index contributed by atoms with van der Waals surface area (Å²) in [5, 5.41) is 22.2. The number of aryl methyl sites for hydroxylation is 3. The Balaban J connectivity index is 1.83. The molecule has 0 aliphatic heterocycles. The van der Waals surface area contributed by atoms with Crippen LogP contribution >= 0.6 is 0 Å². The zero-order valence-corrected chi connectivity index (χ0v) is 14.1. The summed E-state index contributed by atoms with van der Waals surface area (Å²) in [6, 6.07) is 1.72. The van der Waals surface area contributed by atoms with Crippen LogP contribution in [0.1, 0.15) is 28.5 Å². The van der Waals surface area contributed by atoms with Crippen LogP contribution in [0.4, 0.5) is 0 Å². The molecule has 0 saturated carbocycles. The van der Waals surface area contributed by atoms with Crippen LogP contribution in [-0.2, 0) is 19.7 Å². The molecule has 0 spiro atoms. The van der Waals surface area contributed by atoms with E-state index in [0.29, 0.717) is 22.2 Å². The first kappa shape index (κ1) is 16.1. The van der Waals surface area contributed by atoms with E-state index in [0.717, 1.165) is 5.69 Å². The van der Waals surface area contributed by atoms with Gasteiger partial charge < -0.3 is 10.4 Å². The molecule has 1 amide bonds. The molecule has 0 saturated heterocycles. The molecular formula is C16H20N6O2. The molecule has 24 heavy (non-hydrogen) atoms. The van der Waals surface area contributed by atoms with Crippen molar-refractivity contribution in [1.82, 2.24) is 29.9 Å². The highest BCUT2D eigenvalue weighted by atomic mass is 16.3. The zero-order chi connectivity index (χ0) is 17.5. The molecule has 8 heteroatoms. The van der Waals surface area contributed by atoms with Crippen molar-refractivity contribution in [1.29, 1.82) is 0 Å². The summed E-state index contributed by atoms with van der Waals surface area (Å²) in [5.41, 5.74) is 1.31. The Morgan fingerprint density at radius 2 is 2.08 bits per heavy atom. The van der Waals surface area contributed by atoms with Gasteiger partial charge >= 0.3 is 0 Å². The lowest BCUT2D eigenvalue weighted by Crippen LogP contribution is -2.38. The molecule has 0 aliphatic rings. The highest BCUT2D eigenvalue weighted by Gasteiger charge is 2.26. The molecule has 0 bridgehead atoms. The van der Waals surface area contributed by atoms with Gasteiger partial charge in [-0.25, -0.2) is 4.98 Å². The van der Waals surface area contributed by atoms with Crippen LogP contribution in [0.2, 0.25) is 0 Å². The number of carbonyl (C=O) groups is 1. The van der Waals surface area contributed by atoms with E-state index in [9.17, 15) is 9.90 Å². The smallest absolute Gasteiger partial charge is 0.252 e. The zero-order valence-electron chi connectivity index (χ0n) is 14.1. The first-order valence-electron chi connectivity index (χ1n) is 7.57. The Hall–Kier alpha value is -2.74. The normalized spacial score (nSPS) is 13.9. The van der Waals surface area contributed by atoms with Crippen LogP contribution in [0.5, 0.6) is 0 Å². The van der Waals surface area contributed by atoms with Gasteiger partial charge in [0.2, 0.25) is 0 Å². The number of aromatic nitrogens is 5. The summed E-state index contributed by atoms with van der Waals surface area (Å²) < 4.78 is 3.24. The van der Waals surface area contributed by atoms with Crippen molar-refractivity contribution in [2.75, 3.05) is 6.54 Å². The fourth-order valence-electron chi connectivity index (χ4n) is 2.58. The van der Waals surface area contributed by atoms with Gasteiger partial charge in [-0.2, -0.15) is 10.2 Å².